The highest BCUT2D eigenvalue weighted by molar-refractivity contribution is 4.75. The molecule has 2 N–H and O–H groups in total. The Labute approximate surface area is 88.3 Å². The topological polar surface area (TPSA) is 40.5 Å². The van der Waals surface area contributed by atoms with Gasteiger partial charge in [0.05, 0.1) is 12.2 Å². The summed E-state index contributed by atoms with van der Waals surface area (Å²) in [4.78, 5) is 0. The normalized spacial score (nSPS) is 15.9. The van der Waals surface area contributed by atoms with Crippen LogP contribution in [-0.2, 0) is 0 Å². The van der Waals surface area contributed by atoms with E-state index in [0.717, 1.165) is 18.8 Å². The van der Waals surface area contributed by atoms with Crippen LogP contribution in [0.5, 0.6) is 0 Å². The molecule has 0 heterocycles. The molecule has 1 unspecified atom stereocenters. The standard InChI is InChI=1S/C12H26O2/c1-4-11(5-2)8-7-9-12(14,6-3)10-13/h11,13-14H,4-10H2,1-3H3. The molecule has 0 amide bonds. The van der Waals surface area contributed by atoms with Gasteiger partial charge in [-0.1, -0.05) is 46.5 Å². The predicted octanol–water partition coefficient (Wildman–Crippen LogP) is 2.73. The van der Waals surface area contributed by atoms with Gasteiger partial charge in [0, 0.05) is 0 Å². The lowest BCUT2D eigenvalue weighted by Gasteiger charge is -2.24. The molecule has 0 radical (unpaired) electrons. The highest BCUT2D eigenvalue weighted by Gasteiger charge is 2.22. The number of aliphatic hydroxyl groups excluding tert-OH is 1. The molecule has 1 atom stereocenters. The average molecular weight is 202 g/mol. The minimum Gasteiger partial charge on any atom is -0.393 e. The second-order valence-corrected chi connectivity index (χ2v) is 4.31. The van der Waals surface area contributed by atoms with Crippen molar-refractivity contribution in [3.05, 3.63) is 0 Å². The molecule has 0 aromatic carbocycles. The van der Waals surface area contributed by atoms with Gasteiger partial charge in [0.15, 0.2) is 0 Å². The molecule has 0 bridgehead atoms. The van der Waals surface area contributed by atoms with E-state index in [0.29, 0.717) is 6.42 Å². The van der Waals surface area contributed by atoms with Crippen LogP contribution in [0.1, 0.15) is 59.3 Å². The first-order valence-electron chi connectivity index (χ1n) is 5.95. The summed E-state index contributed by atoms with van der Waals surface area (Å²) >= 11 is 0. The van der Waals surface area contributed by atoms with Crippen molar-refractivity contribution in [2.45, 2.75) is 64.9 Å². The highest BCUT2D eigenvalue weighted by atomic mass is 16.3. The van der Waals surface area contributed by atoms with Crippen LogP contribution < -0.4 is 0 Å². The molecule has 0 aliphatic heterocycles. The smallest absolute Gasteiger partial charge is 0.0874 e. The molecule has 0 aliphatic carbocycles. The Morgan fingerprint density at radius 1 is 1.14 bits per heavy atom. The largest absolute Gasteiger partial charge is 0.393 e. The van der Waals surface area contributed by atoms with Gasteiger partial charge in [-0.15, -0.1) is 0 Å². The minimum absolute atomic E-state index is 0.105. The zero-order chi connectivity index (χ0) is 11.0. The first-order valence-corrected chi connectivity index (χ1v) is 5.95. The van der Waals surface area contributed by atoms with E-state index in [1.54, 1.807) is 0 Å². The maximum absolute atomic E-state index is 9.84. The first-order chi connectivity index (χ1) is 6.61. The van der Waals surface area contributed by atoms with Gasteiger partial charge >= 0.3 is 0 Å². The van der Waals surface area contributed by atoms with E-state index in [2.05, 4.69) is 13.8 Å². The Morgan fingerprint density at radius 3 is 2.07 bits per heavy atom. The van der Waals surface area contributed by atoms with Crippen LogP contribution >= 0.6 is 0 Å². The van der Waals surface area contributed by atoms with Gasteiger partial charge in [-0.05, 0) is 18.8 Å². The number of aliphatic hydroxyl groups is 2. The molecule has 2 nitrogen and oxygen atoms in total. The van der Waals surface area contributed by atoms with Crippen LogP contribution in [0.2, 0.25) is 0 Å². The zero-order valence-electron chi connectivity index (χ0n) is 9.92. The molecule has 0 aromatic rings. The lowest BCUT2D eigenvalue weighted by atomic mass is 9.90. The van der Waals surface area contributed by atoms with Crippen LogP contribution in [0.3, 0.4) is 0 Å². The van der Waals surface area contributed by atoms with Crippen LogP contribution in [0.25, 0.3) is 0 Å². The van der Waals surface area contributed by atoms with Crippen molar-refractivity contribution in [3.63, 3.8) is 0 Å². The Bertz CT molecular complexity index is 126. The highest BCUT2D eigenvalue weighted by Crippen LogP contribution is 2.22. The van der Waals surface area contributed by atoms with Crippen molar-refractivity contribution in [1.29, 1.82) is 0 Å². The van der Waals surface area contributed by atoms with E-state index in [1.165, 1.54) is 19.3 Å². The van der Waals surface area contributed by atoms with Gasteiger partial charge < -0.3 is 10.2 Å². The molecular weight excluding hydrogens is 176 g/mol. The second-order valence-electron chi connectivity index (χ2n) is 4.31. The van der Waals surface area contributed by atoms with E-state index < -0.39 is 5.60 Å². The van der Waals surface area contributed by atoms with Crippen molar-refractivity contribution >= 4 is 0 Å². The van der Waals surface area contributed by atoms with Crippen molar-refractivity contribution < 1.29 is 10.2 Å². The maximum atomic E-state index is 9.84. The van der Waals surface area contributed by atoms with E-state index in [4.69, 9.17) is 5.11 Å². The molecule has 0 aliphatic rings. The molecule has 0 saturated carbocycles. The van der Waals surface area contributed by atoms with Gasteiger partial charge in [-0.25, -0.2) is 0 Å². The number of hydrogen-bond donors (Lipinski definition) is 2. The lowest BCUT2D eigenvalue weighted by Crippen LogP contribution is -2.32. The van der Waals surface area contributed by atoms with Crippen molar-refractivity contribution in [2.24, 2.45) is 5.92 Å². The molecule has 86 valence electrons. The van der Waals surface area contributed by atoms with Crippen LogP contribution in [-0.4, -0.2) is 22.4 Å². The van der Waals surface area contributed by atoms with Gasteiger partial charge in [0.1, 0.15) is 0 Å². The molecule has 0 rings (SSSR count). The van der Waals surface area contributed by atoms with Gasteiger partial charge in [-0.2, -0.15) is 0 Å². The average Bonchev–Trinajstić information content (AvgIpc) is 2.24. The maximum Gasteiger partial charge on any atom is 0.0874 e. The fraction of sp³-hybridized carbons (Fsp3) is 1.00. The Balaban J connectivity index is 3.70. The Morgan fingerprint density at radius 2 is 1.71 bits per heavy atom. The fourth-order valence-corrected chi connectivity index (χ4v) is 1.78. The Hall–Kier alpha value is -0.0800. The summed E-state index contributed by atoms with van der Waals surface area (Å²) in [5.41, 5.74) is -0.827. The van der Waals surface area contributed by atoms with Crippen LogP contribution in [0.4, 0.5) is 0 Å². The molecule has 2 heteroatoms. The third-order valence-electron chi connectivity index (χ3n) is 3.36. The predicted molar refractivity (Wildman–Crippen MR) is 60.2 cm³/mol. The van der Waals surface area contributed by atoms with E-state index in [9.17, 15) is 5.11 Å². The molecule has 0 saturated heterocycles. The van der Waals surface area contributed by atoms with Gasteiger partial charge in [0.25, 0.3) is 0 Å². The summed E-state index contributed by atoms with van der Waals surface area (Å²) in [5.74, 6) is 0.787. The van der Waals surface area contributed by atoms with Gasteiger partial charge in [-0.3, -0.25) is 0 Å². The number of hydrogen-bond acceptors (Lipinski definition) is 2. The molecule has 0 aromatic heterocycles. The SMILES string of the molecule is CCC(CC)CCCC(O)(CC)CO. The molecule has 0 fully saturated rings. The van der Waals surface area contributed by atoms with Gasteiger partial charge in [0.2, 0.25) is 0 Å². The molecule has 14 heavy (non-hydrogen) atoms. The third-order valence-corrected chi connectivity index (χ3v) is 3.36. The van der Waals surface area contributed by atoms with Crippen LogP contribution in [0, 0.1) is 5.92 Å². The number of rotatable bonds is 8. The zero-order valence-corrected chi connectivity index (χ0v) is 9.92. The van der Waals surface area contributed by atoms with Crippen molar-refractivity contribution in [2.75, 3.05) is 6.61 Å². The fourth-order valence-electron chi connectivity index (χ4n) is 1.78. The summed E-state index contributed by atoms with van der Waals surface area (Å²) < 4.78 is 0. The van der Waals surface area contributed by atoms with Crippen LogP contribution in [0.15, 0.2) is 0 Å². The monoisotopic (exact) mass is 202 g/mol. The molecule has 0 spiro atoms. The first kappa shape index (κ1) is 13.9. The minimum atomic E-state index is -0.827. The summed E-state index contributed by atoms with van der Waals surface area (Å²) in [6, 6.07) is 0. The van der Waals surface area contributed by atoms with E-state index >= 15 is 0 Å². The summed E-state index contributed by atoms with van der Waals surface area (Å²) in [6.45, 7) is 6.25. The quantitative estimate of drug-likeness (QED) is 0.635. The van der Waals surface area contributed by atoms with E-state index in [-0.39, 0.29) is 6.61 Å². The van der Waals surface area contributed by atoms with Crippen molar-refractivity contribution in [1.82, 2.24) is 0 Å². The van der Waals surface area contributed by atoms with Crippen molar-refractivity contribution in [3.8, 4) is 0 Å². The third kappa shape index (κ3) is 4.97. The summed E-state index contributed by atoms with van der Waals surface area (Å²) in [5, 5.41) is 18.9. The lowest BCUT2D eigenvalue weighted by molar-refractivity contribution is -0.0266. The van der Waals surface area contributed by atoms with E-state index in [1.807, 2.05) is 6.92 Å². The second kappa shape index (κ2) is 7.24. The molecular formula is C12H26O2. The Kier molecular flexibility index (Phi) is 7.20. The summed E-state index contributed by atoms with van der Waals surface area (Å²) in [7, 11) is 0. The summed E-state index contributed by atoms with van der Waals surface area (Å²) in [6.07, 6.45) is 6.02.